The molecule has 22 heavy (non-hydrogen) atoms. The van der Waals surface area contributed by atoms with Crippen LogP contribution in [0.3, 0.4) is 0 Å². The van der Waals surface area contributed by atoms with E-state index in [0.717, 1.165) is 5.69 Å². The molecule has 0 unspecified atom stereocenters. The van der Waals surface area contributed by atoms with E-state index in [1.54, 1.807) is 0 Å². The van der Waals surface area contributed by atoms with Gasteiger partial charge in [-0.1, -0.05) is 33.8 Å². The van der Waals surface area contributed by atoms with Gasteiger partial charge in [0.2, 0.25) is 0 Å². The summed E-state index contributed by atoms with van der Waals surface area (Å²) in [6, 6.07) is 3.77. The highest BCUT2D eigenvalue weighted by atomic mass is 35.5. The number of aromatic nitrogens is 2. The molecule has 0 aliphatic heterocycles. The molecule has 122 valence electrons. The molecular formula is C11H9Cl2F4N3OS. The molecule has 0 spiro atoms. The Morgan fingerprint density at radius 2 is 1.82 bits per heavy atom. The van der Waals surface area contributed by atoms with Gasteiger partial charge in [0.25, 0.3) is 0 Å². The van der Waals surface area contributed by atoms with Crippen LogP contribution in [-0.2, 0) is 0 Å². The van der Waals surface area contributed by atoms with Crippen molar-refractivity contribution in [3.8, 4) is 5.75 Å². The summed E-state index contributed by atoms with van der Waals surface area (Å²) in [6.07, 6.45) is -8.57. The molecule has 2 N–H and O–H groups in total. The van der Waals surface area contributed by atoms with E-state index in [-0.39, 0.29) is 10.0 Å². The summed E-state index contributed by atoms with van der Waals surface area (Å²) in [6.45, 7) is 1.83. The molecule has 4 nitrogen and oxygen atoms in total. The molecule has 0 amide bonds. The lowest BCUT2D eigenvalue weighted by Crippen LogP contribution is -2.33. The minimum Gasteiger partial charge on any atom is -0.425 e. The third kappa shape index (κ3) is 5.15. The van der Waals surface area contributed by atoms with Crippen molar-refractivity contribution in [2.24, 2.45) is 0 Å². The largest absolute Gasteiger partial charge is 0.461 e. The van der Waals surface area contributed by atoms with Crippen LogP contribution in [0.15, 0.2) is 18.2 Å². The van der Waals surface area contributed by atoms with Crippen molar-refractivity contribution in [3.05, 3.63) is 33.9 Å². The average molecular weight is 378 g/mol. The van der Waals surface area contributed by atoms with E-state index >= 15 is 0 Å². The van der Waals surface area contributed by atoms with Crippen molar-refractivity contribution in [1.82, 2.24) is 9.59 Å². The number of anilines is 1. The van der Waals surface area contributed by atoms with Gasteiger partial charge in [-0.15, -0.1) is 5.10 Å². The molecule has 0 radical (unpaired) electrons. The van der Waals surface area contributed by atoms with Crippen molar-refractivity contribution in [2.45, 2.75) is 19.5 Å². The van der Waals surface area contributed by atoms with Gasteiger partial charge in [-0.2, -0.15) is 17.6 Å². The van der Waals surface area contributed by atoms with Crippen LogP contribution in [0.2, 0.25) is 10.0 Å². The van der Waals surface area contributed by atoms with Crippen LogP contribution in [0.5, 0.6) is 5.75 Å². The number of ether oxygens (including phenoxy) is 1. The van der Waals surface area contributed by atoms with Crippen LogP contribution in [-0.4, -0.2) is 22.1 Å². The maximum atomic E-state index is 12.5. The average Bonchev–Trinajstić information content (AvgIpc) is 2.79. The number of hydrogen-bond acceptors (Lipinski definition) is 5. The van der Waals surface area contributed by atoms with E-state index in [9.17, 15) is 17.6 Å². The van der Waals surface area contributed by atoms with Crippen molar-refractivity contribution < 1.29 is 22.3 Å². The monoisotopic (exact) mass is 377 g/mol. The van der Waals surface area contributed by atoms with Crippen LogP contribution in [0.25, 0.3) is 0 Å². The smallest absolute Gasteiger partial charge is 0.425 e. The zero-order chi connectivity index (χ0) is 16.9. The number of benzene rings is 1. The number of para-hydroxylation sites is 1. The lowest BCUT2D eigenvalue weighted by atomic mass is 10.3. The number of alkyl halides is 4. The minimum absolute atomic E-state index is 0.261. The predicted octanol–water partition coefficient (Wildman–Crippen LogP) is 4.66. The minimum atomic E-state index is -4.62. The van der Waals surface area contributed by atoms with E-state index < -0.39 is 18.3 Å². The number of aryl methyl sites for hydroxylation is 1. The number of nitrogens with zero attached hydrogens (tertiary/aromatic N) is 2. The molecule has 0 atom stereocenters. The van der Waals surface area contributed by atoms with Crippen molar-refractivity contribution in [3.63, 3.8) is 0 Å². The van der Waals surface area contributed by atoms with Gasteiger partial charge in [-0.3, -0.25) is 0 Å². The van der Waals surface area contributed by atoms with Crippen LogP contribution in [0, 0.1) is 6.92 Å². The summed E-state index contributed by atoms with van der Waals surface area (Å²) in [5.74, 6) is -0.661. The third-order valence-electron chi connectivity index (χ3n) is 2.10. The fourth-order valence-corrected chi connectivity index (χ4v) is 1.90. The summed E-state index contributed by atoms with van der Waals surface area (Å²) in [4.78, 5) is 0. The zero-order valence-electron chi connectivity index (χ0n) is 10.9. The zero-order valence-corrected chi connectivity index (χ0v) is 13.2. The molecule has 0 aliphatic carbocycles. The maximum absolute atomic E-state index is 12.5. The Morgan fingerprint density at radius 1 is 1.27 bits per heavy atom. The van der Waals surface area contributed by atoms with Crippen LogP contribution in [0.4, 0.5) is 22.6 Å². The van der Waals surface area contributed by atoms with E-state index in [0.29, 0.717) is 5.00 Å². The Bertz CT molecular complexity index is 590. The van der Waals surface area contributed by atoms with Gasteiger partial charge in [-0.25, -0.2) is 0 Å². The number of halogens is 6. The first-order valence-corrected chi connectivity index (χ1v) is 7.01. The molecule has 0 fully saturated rings. The normalized spacial score (nSPS) is 11.1. The summed E-state index contributed by atoms with van der Waals surface area (Å²) >= 11 is 12.1. The van der Waals surface area contributed by atoms with E-state index in [1.807, 2.05) is 6.92 Å². The van der Waals surface area contributed by atoms with Gasteiger partial charge < -0.3 is 10.5 Å². The predicted molar refractivity (Wildman–Crippen MR) is 77.1 cm³/mol. The first-order valence-electron chi connectivity index (χ1n) is 5.48. The Hall–Kier alpha value is -1.32. The van der Waals surface area contributed by atoms with Gasteiger partial charge in [0.15, 0.2) is 5.75 Å². The Labute approximate surface area is 137 Å². The summed E-state index contributed by atoms with van der Waals surface area (Å²) in [5.41, 5.74) is 6.16. The molecular weight excluding hydrogens is 369 g/mol. The standard InChI is InChI=1S/C8H4Cl2F4O.C3H5N3S/c9-4-2-1-3-5(10)6(4)15-8(13,14)7(11)12;1-2-3(4)7-6-5-2/h1-3,7H;4H2,1H3. The highest BCUT2D eigenvalue weighted by Crippen LogP contribution is 2.37. The van der Waals surface area contributed by atoms with E-state index in [2.05, 4.69) is 14.3 Å². The molecule has 11 heteroatoms. The molecule has 1 aromatic carbocycles. The van der Waals surface area contributed by atoms with E-state index in [4.69, 9.17) is 28.9 Å². The molecule has 0 saturated carbocycles. The van der Waals surface area contributed by atoms with Gasteiger partial charge >= 0.3 is 12.5 Å². The SMILES string of the molecule is Cc1nnsc1N.FC(F)C(F)(F)Oc1c(Cl)cccc1Cl. The molecule has 1 heterocycles. The molecule has 1 aromatic heterocycles. The summed E-state index contributed by atoms with van der Waals surface area (Å²) in [7, 11) is 0. The second-order valence-corrected chi connectivity index (χ2v) is 5.34. The quantitative estimate of drug-likeness (QED) is 0.790. The van der Waals surface area contributed by atoms with Gasteiger partial charge in [0.05, 0.1) is 15.7 Å². The summed E-state index contributed by atoms with van der Waals surface area (Å²) in [5, 5.41) is 3.85. The molecule has 2 aromatic rings. The molecule has 2 rings (SSSR count). The second kappa shape index (κ2) is 7.80. The van der Waals surface area contributed by atoms with E-state index in [1.165, 1.54) is 29.7 Å². The molecule has 0 aliphatic rings. The first kappa shape index (κ1) is 18.7. The Morgan fingerprint density at radius 3 is 2.14 bits per heavy atom. The van der Waals surface area contributed by atoms with Crippen molar-refractivity contribution >= 4 is 39.7 Å². The first-order chi connectivity index (χ1) is 10.1. The number of hydrogen-bond donors (Lipinski definition) is 1. The second-order valence-electron chi connectivity index (χ2n) is 3.74. The number of nitrogens with two attached hydrogens (primary N) is 1. The molecule has 0 bridgehead atoms. The highest BCUT2D eigenvalue weighted by molar-refractivity contribution is 7.09. The van der Waals surface area contributed by atoms with Gasteiger partial charge in [0, 0.05) is 11.5 Å². The fourth-order valence-electron chi connectivity index (χ4n) is 1.00. The lowest BCUT2D eigenvalue weighted by molar-refractivity contribution is -0.253. The Kier molecular flexibility index (Phi) is 6.64. The summed E-state index contributed by atoms with van der Waals surface area (Å²) < 4.78 is 56.0. The number of rotatable bonds is 3. The van der Waals surface area contributed by atoms with Crippen LogP contribution >= 0.6 is 34.7 Å². The third-order valence-corrected chi connectivity index (χ3v) is 3.35. The lowest BCUT2D eigenvalue weighted by Gasteiger charge is -2.18. The highest BCUT2D eigenvalue weighted by Gasteiger charge is 2.44. The van der Waals surface area contributed by atoms with Crippen LogP contribution in [0.1, 0.15) is 5.69 Å². The van der Waals surface area contributed by atoms with Crippen molar-refractivity contribution in [2.75, 3.05) is 5.73 Å². The van der Waals surface area contributed by atoms with Gasteiger partial charge in [-0.05, 0) is 19.1 Å². The fraction of sp³-hybridized carbons (Fsp3) is 0.273. The van der Waals surface area contributed by atoms with Crippen molar-refractivity contribution in [1.29, 1.82) is 0 Å². The maximum Gasteiger partial charge on any atom is 0.461 e. The van der Waals surface area contributed by atoms with Gasteiger partial charge in [0.1, 0.15) is 5.00 Å². The topological polar surface area (TPSA) is 61.0 Å². The molecule has 0 saturated heterocycles. The Balaban J connectivity index is 0.000000287. The van der Waals surface area contributed by atoms with Crippen LogP contribution < -0.4 is 10.5 Å². The number of nitrogen functional groups attached to an aromatic ring is 1.